The van der Waals surface area contributed by atoms with E-state index in [1.54, 1.807) is 11.8 Å². The molecule has 0 bridgehead atoms. The molecule has 2 N–H and O–H groups in total. The molecule has 16 heavy (non-hydrogen) atoms. The fourth-order valence-corrected chi connectivity index (χ4v) is 4.07. The fraction of sp³-hybridized carbons (Fsp3) is 0.727. The summed E-state index contributed by atoms with van der Waals surface area (Å²) >= 11 is 3.22. The van der Waals surface area contributed by atoms with Crippen molar-refractivity contribution in [3.63, 3.8) is 0 Å². The Labute approximate surface area is 106 Å². The standard InChI is InChI=1S/C11H19N3S2/c1-14(7-8-5-3-4-6-8)11-9(15-2)10(12)13-16-11/h8H,3-7H2,1-2H3,(H2,12,13). The molecule has 1 aliphatic rings. The second-order valence-electron chi connectivity index (χ2n) is 4.44. The van der Waals surface area contributed by atoms with Crippen LogP contribution in [0, 0.1) is 5.92 Å². The minimum Gasteiger partial charge on any atom is -0.382 e. The van der Waals surface area contributed by atoms with Gasteiger partial charge in [-0.15, -0.1) is 11.8 Å². The van der Waals surface area contributed by atoms with Crippen molar-refractivity contribution in [2.24, 2.45) is 5.92 Å². The molecule has 5 heteroatoms. The van der Waals surface area contributed by atoms with Crippen molar-refractivity contribution in [3.05, 3.63) is 0 Å². The van der Waals surface area contributed by atoms with Gasteiger partial charge in [0, 0.05) is 13.6 Å². The van der Waals surface area contributed by atoms with Crippen LogP contribution in [0.2, 0.25) is 0 Å². The van der Waals surface area contributed by atoms with E-state index in [0.717, 1.165) is 17.4 Å². The van der Waals surface area contributed by atoms with Crippen LogP contribution >= 0.6 is 23.3 Å². The quantitative estimate of drug-likeness (QED) is 0.842. The molecule has 0 spiro atoms. The van der Waals surface area contributed by atoms with Gasteiger partial charge in [-0.25, -0.2) is 0 Å². The number of rotatable bonds is 4. The molecule has 0 unspecified atom stereocenters. The number of thioether (sulfide) groups is 1. The summed E-state index contributed by atoms with van der Waals surface area (Å²) < 4.78 is 4.24. The van der Waals surface area contributed by atoms with E-state index < -0.39 is 0 Å². The molecule has 0 aliphatic heterocycles. The third-order valence-corrected chi connectivity index (χ3v) is 5.13. The first-order valence-corrected chi connectivity index (χ1v) is 7.72. The fourth-order valence-electron chi connectivity index (χ4n) is 2.38. The van der Waals surface area contributed by atoms with Gasteiger partial charge in [0.2, 0.25) is 0 Å². The van der Waals surface area contributed by atoms with Gasteiger partial charge in [0.15, 0.2) is 5.82 Å². The van der Waals surface area contributed by atoms with Crippen molar-refractivity contribution < 1.29 is 0 Å². The minimum atomic E-state index is 0.686. The summed E-state index contributed by atoms with van der Waals surface area (Å²) in [5, 5.41) is 1.23. The highest BCUT2D eigenvalue weighted by atomic mass is 32.2. The van der Waals surface area contributed by atoms with Gasteiger partial charge in [0.05, 0.1) is 4.90 Å². The summed E-state index contributed by atoms with van der Waals surface area (Å²) in [4.78, 5) is 3.47. The first kappa shape index (κ1) is 12.0. The Bertz CT molecular complexity index is 345. The molecule has 1 heterocycles. The van der Waals surface area contributed by atoms with Crippen LogP contribution in [0.5, 0.6) is 0 Å². The van der Waals surface area contributed by atoms with Crippen LogP contribution in [0.25, 0.3) is 0 Å². The second kappa shape index (κ2) is 5.27. The smallest absolute Gasteiger partial charge is 0.153 e. The molecule has 1 aromatic rings. The summed E-state index contributed by atoms with van der Waals surface area (Å²) in [5.74, 6) is 1.55. The molecule has 2 rings (SSSR count). The van der Waals surface area contributed by atoms with E-state index in [-0.39, 0.29) is 0 Å². The normalized spacial score (nSPS) is 16.9. The summed E-state index contributed by atoms with van der Waals surface area (Å²) in [7, 11) is 2.16. The predicted molar refractivity (Wildman–Crippen MR) is 73.5 cm³/mol. The first-order chi connectivity index (χ1) is 7.72. The monoisotopic (exact) mass is 257 g/mol. The minimum absolute atomic E-state index is 0.686. The van der Waals surface area contributed by atoms with Crippen molar-refractivity contribution >= 4 is 34.1 Å². The number of hydrogen-bond acceptors (Lipinski definition) is 5. The Morgan fingerprint density at radius 2 is 2.19 bits per heavy atom. The zero-order valence-electron chi connectivity index (χ0n) is 9.90. The predicted octanol–water partition coefficient (Wildman–Crippen LogP) is 3.07. The van der Waals surface area contributed by atoms with E-state index >= 15 is 0 Å². The summed E-state index contributed by atoms with van der Waals surface area (Å²) in [6.45, 7) is 1.15. The van der Waals surface area contributed by atoms with E-state index in [9.17, 15) is 0 Å². The largest absolute Gasteiger partial charge is 0.382 e. The Balaban J connectivity index is 2.04. The number of nitrogen functional groups attached to an aromatic ring is 1. The maximum atomic E-state index is 5.85. The van der Waals surface area contributed by atoms with Crippen LogP contribution in [0.3, 0.4) is 0 Å². The molecule has 0 saturated heterocycles. The van der Waals surface area contributed by atoms with Crippen LogP contribution in [-0.4, -0.2) is 24.2 Å². The Morgan fingerprint density at radius 3 is 2.81 bits per heavy atom. The molecule has 1 aliphatic carbocycles. The van der Waals surface area contributed by atoms with Crippen LogP contribution < -0.4 is 10.6 Å². The molecule has 1 aromatic heterocycles. The average Bonchev–Trinajstić information content (AvgIpc) is 2.87. The second-order valence-corrected chi connectivity index (χ2v) is 6.01. The van der Waals surface area contributed by atoms with E-state index in [4.69, 9.17) is 5.73 Å². The SMILES string of the molecule is CSc1c(N)nsc1N(C)CC1CCCC1. The van der Waals surface area contributed by atoms with Crippen molar-refractivity contribution in [2.45, 2.75) is 30.6 Å². The van der Waals surface area contributed by atoms with Gasteiger partial charge < -0.3 is 10.6 Å². The number of anilines is 2. The lowest BCUT2D eigenvalue weighted by Gasteiger charge is -2.21. The third-order valence-electron chi connectivity index (χ3n) is 3.21. The van der Waals surface area contributed by atoms with E-state index in [0.29, 0.717) is 5.82 Å². The van der Waals surface area contributed by atoms with Crippen molar-refractivity contribution in [1.29, 1.82) is 0 Å². The van der Waals surface area contributed by atoms with Crippen LogP contribution in [0.4, 0.5) is 10.8 Å². The zero-order valence-corrected chi connectivity index (χ0v) is 11.5. The topological polar surface area (TPSA) is 42.1 Å². The highest BCUT2D eigenvalue weighted by molar-refractivity contribution is 7.99. The molecule has 0 radical (unpaired) electrons. The van der Waals surface area contributed by atoms with Crippen LogP contribution in [0.15, 0.2) is 4.90 Å². The van der Waals surface area contributed by atoms with Crippen molar-refractivity contribution in [2.75, 3.05) is 30.5 Å². The molecule has 0 atom stereocenters. The lowest BCUT2D eigenvalue weighted by atomic mass is 10.1. The molecule has 1 fully saturated rings. The molecular weight excluding hydrogens is 238 g/mol. The van der Waals surface area contributed by atoms with Crippen LogP contribution in [-0.2, 0) is 0 Å². The number of nitrogens with two attached hydrogens (primary N) is 1. The highest BCUT2D eigenvalue weighted by Gasteiger charge is 2.20. The first-order valence-electron chi connectivity index (χ1n) is 5.72. The molecule has 0 aromatic carbocycles. The maximum absolute atomic E-state index is 5.85. The van der Waals surface area contributed by atoms with Gasteiger partial charge in [-0.3, -0.25) is 0 Å². The zero-order chi connectivity index (χ0) is 11.5. The number of hydrogen-bond donors (Lipinski definition) is 1. The van der Waals surface area contributed by atoms with Gasteiger partial charge in [-0.05, 0) is 36.5 Å². The van der Waals surface area contributed by atoms with Crippen molar-refractivity contribution in [1.82, 2.24) is 4.37 Å². The Hall–Kier alpha value is -0.420. The van der Waals surface area contributed by atoms with E-state index in [2.05, 4.69) is 22.6 Å². The molecule has 1 saturated carbocycles. The molecule has 3 nitrogen and oxygen atoms in total. The molecule has 0 amide bonds. The average molecular weight is 257 g/mol. The van der Waals surface area contributed by atoms with Crippen LogP contribution in [0.1, 0.15) is 25.7 Å². The lowest BCUT2D eigenvalue weighted by molar-refractivity contribution is 0.547. The molecule has 90 valence electrons. The van der Waals surface area contributed by atoms with E-state index in [1.807, 2.05) is 0 Å². The van der Waals surface area contributed by atoms with Crippen molar-refractivity contribution in [3.8, 4) is 0 Å². The Morgan fingerprint density at radius 1 is 1.50 bits per heavy atom. The van der Waals surface area contributed by atoms with Gasteiger partial charge >= 0.3 is 0 Å². The van der Waals surface area contributed by atoms with Gasteiger partial charge in [-0.2, -0.15) is 4.37 Å². The summed E-state index contributed by atoms with van der Waals surface area (Å²) in [6, 6.07) is 0. The van der Waals surface area contributed by atoms with Gasteiger partial charge in [0.25, 0.3) is 0 Å². The van der Waals surface area contributed by atoms with E-state index in [1.165, 1.54) is 42.2 Å². The highest BCUT2D eigenvalue weighted by Crippen LogP contribution is 2.38. The Kier molecular flexibility index (Phi) is 3.97. The number of nitrogens with zero attached hydrogens (tertiary/aromatic N) is 2. The number of aromatic nitrogens is 1. The third kappa shape index (κ3) is 2.46. The van der Waals surface area contributed by atoms with Gasteiger partial charge in [0.1, 0.15) is 5.00 Å². The van der Waals surface area contributed by atoms with Gasteiger partial charge in [-0.1, -0.05) is 12.8 Å². The summed E-state index contributed by atoms with van der Waals surface area (Å²) in [5.41, 5.74) is 5.85. The molecular formula is C11H19N3S2. The summed E-state index contributed by atoms with van der Waals surface area (Å²) in [6.07, 6.45) is 7.63. The maximum Gasteiger partial charge on any atom is 0.153 e. The lowest BCUT2D eigenvalue weighted by Crippen LogP contribution is -2.23.